The van der Waals surface area contributed by atoms with Gasteiger partial charge in [0.15, 0.2) is 0 Å². The summed E-state index contributed by atoms with van der Waals surface area (Å²) in [6, 6.07) is 15.2. The molecule has 2 nitrogen and oxygen atoms in total. The summed E-state index contributed by atoms with van der Waals surface area (Å²) in [5.74, 6) is 7.00. The standard InChI is InChI=1S/C17H16O2/c1-13(18)17-6-4-3-5-15(17)10-7-14-8-11-16(19-2)12-9-14/h3-6,8-9,11-13,18H,1-2H3. The number of methoxy groups -OCH3 is 1. The molecule has 1 unspecified atom stereocenters. The maximum absolute atomic E-state index is 9.69. The van der Waals surface area contributed by atoms with Crippen LogP contribution in [0, 0.1) is 11.8 Å². The van der Waals surface area contributed by atoms with Gasteiger partial charge in [0.1, 0.15) is 5.75 Å². The van der Waals surface area contributed by atoms with Gasteiger partial charge >= 0.3 is 0 Å². The quantitative estimate of drug-likeness (QED) is 0.832. The van der Waals surface area contributed by atoms with Gasteiger partial charge in [-0.25, -0.2) is 0 Å². The molecule has 0 saturated carbocycles. The Morgan fingerprint density at radius 1 is 1.00 bits per heavy atom. The fourth-order valence-electron chi connectivity index (χ4n) is 1.79. The first-order chi connectivity index (χ1) is 9.20. The molecule has 0 saturated heterocycles. The fourth-order valence-corrected chi connectivity index (χ4v) is 1.79. The molecule has 0 aliphatic rings. The summed E-state index contributed by atoms with van der Waals surface area (Å²) in [4.78, 5) is 0. The zero-order valence-electron chi connectivity index (χ0n) is 11.1. The van der Waals surface area contributed by atoms with Crippen molar-refractivity contribution in [1.29, 1.82) is 0 Å². The van der Waals surface area contributed by atoms with E-state index in [1.54, 1.807) is 14.0 Å². The van der Waals surface area contributed by atoms with Gasteiger partial charge in [-0.05, 0) is 42.8 Å². The lowest BCUT2D eigenvalue weighted by atomic mass is 10.0. The molecule has 2 heteroatoms. The van der Waals surface area contributed by atoms with Crippen LogP contribution >= 0.6 is 0 Å². The third-order valence-electron chi connectivity index (χ3n) is 2.84. The molecule has 1 N–H and O–H groups in total. The molecule has 19 heavy (non-hydrogen) atoms. The minimum atomic E-state index is -0.513. The van der Waals surface area contributed by atoms with Crippen LogP contribution in [0.5, 0.6) is 5.75 Å². The number of hydrogen-bond donors (Lipinski definition) is 1. The lowest BCUT2D eigenvalue weighted by Crippen LogP contribution is -1.94. The van der Waals surface area contributed by atoms with Crippen molar-refractivity contribution >= 4 is 0 Å². The van der Waals surface area contributed by atoms with Crippen LogP contribution < -0.4 is 4.74 Å². The molecular formula is C17H16O2. The van der Waals surface area contributed by atoms with Gasteiger partial charge < -0.3 is 9.84 Å². The van der Waals surface area contributed by atoms with E-state index in [4.69, 9.17) is 4.74 Å². The van der Waals surface area contributed by atoms with E-state index in [1.807, 2.05) is 48.5 Å². The second-order valence-corrected chi connectivity index (χ2v) is 4.24. The highest BCUT2D eigenvalue weighted by Gasteiger charge is 2.04. The third-order valence-corrected chi connectivity index (χ3v) is 2.84. The molecule has 2 rings (SSSR count). The highest BCUT2D eigenvalue weighted by atomic mass is 16.5. The van der Waals surface area contributed by atoms with Crippen LogP contribution in [0.15, 0.2) is 48.5 Å². The van der Waals surface area contributed by atoms with Crippen molar-refractivity contribution in [1.82, 2.24) is 0 Å². The Morgan fingerprint density at radius 2 is 1.68 bits per heavy atom. The molecule has 2 aromatic rings. The second-order valence-electron chi connectivity index (χ2n) is 4.24. The lowest BCUT2D eigenvalue weighted by molar-refractivity contribution is 0.199. The molecule has 0 bridgehead atoms. The molecule has 0 aromatic heterocycles. The summed E-state index contributed by atoms with van der Waals surface area (Å²) in [5, 5.41) is 9.69. The van der Waals surface area contributed by atoms with E-state index in [0.29, 0.717) is 0 Å². The molecular weight excluding hydrogens is 236 g/mol. The first-order valence-electron chi connectivity index (χ1n) is 6.14. The van der Waals surface area contributed by atoms with E-state index in [2.05, 4.69) is 11.8 Å². The Morgan fingerprint density at radius 3 is 2.32 bits per heavy atom. The monoisotopic (exact) mass is 252 g/mol. The SMILES string of the molecule is COc1ccc(C#Cc2ccccc2C(C)O)cc1. The topological polar surface area (TPSA) is 29.5 Å². The third kappa shape index (κ3) is 3.37. The number of benzene rings is 2. The lowest BCUT2D eigenvalue weighted by Gasteiger charge is -2.06. The van der Waals surface area contributed by atoms with Crippen molar-refractivity contribution in [2.45, 2.75) is 13.0 Å². The molecule has 0 aliphatic heterocycles. The Labute approximate surface area is 113 Å². The molecule has 0 heterocycles. The van der Waals surface area contributed by atoms with Crippen LogP contribution in [0.25, 0.3) is 0 Å². The zero-order valence-corrected chi connectivity index (χ0v) is 11.1. The largest absolute Gasteiger partial charge is 0.497 e. The molecule has 0 fully saturated rings. The van der Waals surface area contributed by atoms with Gasteiger partial charge in [-0.2, -0.15) is 0 Å². The van der Waals surface area contributed by atoms with Crippen molar-refractivity contribution in [3.05, 3.63) is 65.2 Å². The van der Waals surface area contributed by atoms with Crippen molar-refractivity contribution < 1.29 is 9.84 Å². The molecule has 1 atom stereocenters. The van der Waals surface area contributed by atoms with E-state index in [9.17, 15) is 5.11 Å². The van der Waals surface area contributed by atoms with Crippen LogP contribution in [0.2, 0.25) is 0 Å². The Bertz CT molecular complexity index is 601. The maximum atomic E-state index is 9.69. The Hall–Kier alpha value is -2.24. The summed E-state index contributed by atoms with van der Waals surface area (Å²) in [5.41, 5.74) is 2.62. The second kappa shape index (κ2) is 6.08. The average molecular weight is 252 g/mol. The molecule has 96 valence electrons. The van der Waals surface area contributed by atoms with E-state index in [1.165, 1.54) is 0 Å². The van der Waals surface area contributed by atoms with Crippen molar-refractivity contribution in [2.24, 2.45) is 0 Å². The maximum Gasteiger partial charge on any atom is 0.118 e. The van der Waals surface area contributed by atoms with Crippen LogP contribution in [0.3, 0.4) is 0 Å². The summed E-state index contributed by atoms with van der Waals surface area (Å²) in [6.45, 7) is 1.74. The van der Waals surface area contributed by atoms with Crippen LogP contribution in [-0.4, -0.2) is 12.2 Å². The van der Waals surface area contributed by atoms with Crippen molar-refractivity contribution in [3.63, 3.8) is 0 Å². The molecule has 2 aromatic carbocycles. The molecule has 0 amide bonds. The first-order valence-corrected chi connectivity index (χ1v) is 6.14. The molecule has 0 radical (unpaired) electrons. The van der Waals surface area contributed by atoms with Gasteiger partial charge in [0, 0.05) is 11.1 Å². The Balaban J connectivity index is 2.28. The van der Waals surface area contributed by atoms with E-state index < -0.39 is 6.10 Å². The van der Waals surface area contributed by atoms with Crippen molar-refractivity contribution in [2.75, 3.05) is 7.11 Å². The predicted octanol–water partition coefficient (Wildman–Crippen LogP) is 3.15. The van der Waals surface area contributed by atoms with Gasteiger partial charge in [-0.15, -0.1) is 0 Å². The molecule has 0 spiro atoms. The van der Waals surface area contributed by atoms with Gasteiger partial charge in [0.2, 0.25) is 0 Å². The van der Waals surface area contributed by atoms with E-state index >= 15 is 0 Å². The number of aliphatic hydroxyl groups excluding tert-OH is 1. The Kier molecular flexibility index (Phi) is 4.22. The van der Waals surface area contributed by atoms with E-state index in [0.717, 1.165) is 22.4 Å². The zero-order chi connectivity index (χ0) is 13.7. The number of aliphatic hydroxyl groups is 1. The van der Waals surface area contributed by atoms with Crippen LogP contribution in [0.1, 0.15) is 29.7 Å². The van der Waals surface area contributed by atoms with Gasteiger partial charge in [-0.1, -0.05) is 30.0 Å². The van der Waals surface area contributed by atoms with Crippen LogP contribution in [0.4, 0.5) is 0 Å². The highest BCUT2D eigenvalue weighted by Crippen LogP contribution is 2.16. The number of hydrogen-bond acceptors (Lipinski definition) is 2. The summed E-state index contributed by atoms with van der Waals surface area (Å²) < 4.78 is 5.10. The summed E-state index contributed by atoms with van der Waals surface area (Å²) in [6.07, 6.45) is -0.513. The van der Waals surface area contributed by atoms with Gasteiger partial charge in [-0.3, -0.25) is 0 Å². The van der Waals surface area contributed by atoms with Crippen molar-refractivity contribution in [3.8, 4) is 17.6 Å². The summed E-state index contributed by atoms with van der Waals surface area (Å²) in [7, 11) is 1.64. The number of rotatable bonds is 2. The van der Waals surface area contributed by atoms with E-state index in [-0.39, 0.29) is 0 Å². The average Bonchev–Trinajstić information content (AvgIpc) is 2.46. The summed E-state index contributed by atoms with van der Waals surface area (Å²) >= 11 is 0. The number of ether oxygens (including phenoxy) is 1. The minimum Gasteiger partial charge on any atom is -0.497 e. The smallest absolute Gasteiger partial charge is 0.118 e. The highest BCUT2D eigenvalue weighted by molar-refractivity contribution is 5.47. The fraction of sp³-hybridized carbons (Fsp3) is 0.176. The minimum absolute atomic E-state index is 0.513. The predicted molar refractivity (Wildman–Crippen MR) is 76.0 cm³/mol. The molecule has 0 aliphatic carbocycles. The van der Waals surface area contributed by atoms with Gasteiger partial charge in [0.05, 0.1) is 13.2 Å². The first kappa shape index (κ1) is 13.2. The normalized spacial score (nSPS) is 11.3. The van der Waals surface area contributed by atoms with Gasteiger partial charge in [0.25, 0.3) is 0 Å². The van der Waals surface area contributed by atoms with Crippen LogP contribution in [-0.2, 0) is 0 Å².